The van der Waals surface area contributed by atoms with Gasteiger partial charge in [0.1, 0.15) is 0 Å². The quantitative estimate of drug-likeness (QED) is 0.589. The Morgan fingerprint density at radius 2 is 1.68 bits per heavy atom. The zero-order valence-corrected chi connectivity index (χ0v) is 12.0. The highest BCUT2D eigenvalue weighted by Crippen LogP contribution is 2.27. The molecular weight excluding hydrogens is 284 g/mol. The largest absolute Gasteiger partial charge is 0.423 e. The van der Waals surface area contributed by atoms with Crippen molar-refractivity contribution in [3.8, 4) is 11.5 Å². The van der Waals surface area contributed by atoms with Crippen molar-refractivity contribution in [3.05, 3.63) is 46.4 Å². The fourth-order valence-corrected chi connectivity index (χ4v) is 2.50. The van der Waals surface area contributed by atoms with Gasteiger partial charge in [-0.05, 0) is 52.8 Å². The van der Waals surface area contributed by atoms with Crippen LogP contribution in [0.2, 0.25) is 0 Å². The van der Waals surface area contributed by atoms with Crippen LogP contribution in [-0.4, -0.2) is 17.7 Å². The molecule has 0 spiro atoms. The van der Waals surface area contributed by atoms with Crippen LogP contribution in [0.1, 0.15) is 13.8 Å². The first-order valence-electron chi connectivity index (χ1n) is 6.65. The summed E-state index contributed by atoms with van der Waals surface area (Å²) in [5.41, 5.74) is 1.62. The second-order valence-corrected chi connectivity index (χ2v) is 4.93. The molecule has 5 heteroatoms. The Morgan fingerprint density at radius 3 is 2.36 bits per heavy atom. The molecule has 0 saturated heterocycles. The monoisotopic (exact) mass is 296 g/mol. The minimum atomic E-state index is -0.518. The number of carbonyl (C=O) groups excluding carboxylic acids is 3. The Balaban J connectivity index is 2.29. The number of benzene rings is 1. The highest BCUT2D eigenvalue weighted by molar-refractivity contribution is 6.09. The van der Waals surface area contributed by atoms with Gasteiger partial charge in [-0.1, -0.05) is 0 Å². The molecule has 0 aliphatic heterocycles. The van der Waals surface area contributed by atoms with Crippen molar-refractivity contribution in [1.29, 1.82) is 0 Å². The molecule has 0 bridgehead atoms. The first kappa shape index (κ1) is 14.0. The fourth-order valence-electron chi connectivity index (χ4n) is 2.50. The third kappa shape index (κ3) is 2.37. The molecule has 0 radical (unpaired) electrons. The molecule has 5 nitrogen and oxygen atoms in total. The summed E-state index contributed by atoms with van der Waals surface area (Å²) in [7, 11) is 0. The summed E-state index contributed by atoms with van der Waals surface area (Å²) in [5, 5.41) is 1.44. The zero-order valence-electron chi connectivity index (χ0n) is 12.0. The lowest BCUT2D eigenvalue weighted by atomic mass is 10.0. The lowest BCUT2D eigenvalue weighted by Crippen LogP contribution is -2.27. The highest BCUT2D eigenvalue weighted by Gasteiger charge is 2.20. The van der Waals surface area contributed by atoms with Crippen LogP contribution in [0.4, 0.5) is 0 Å². The van der Waals surface area contributed by atoms with Gasteiger partial charge in [-0.25, -0.2) is 0 Å². The van der Waals surface area contributed by atoms with Gasteiger partial charge in [-0.2, -0.15) is 0 Å². The smallest absolute Gasteiger partial charge is 0.308 e. The van der Waals surface area contributed by atoms with E-state index in [0.29, 0.717) is 5.22 Å². The lowest BCUT2D eigenvalue weighted by Gasteiger charge is -2.09. The van der Waals surface area contributed by atoms with E-state index in [2.05, 4.69) is 0 Å². The van der Waals surface area contributed by atoms with E-state index in [1.807, 2.05) is 0 Å². The van der Waals surface area contributed by atoms with Crippen LogP contribution in [0, 0.1) is 0 Å². The summed E-state index contributed by atoms with van der Waals surface area (Å²) < 4.78 is 10.3. The van der Waals surface area contributed by atoms with E-state index in [4.69, 9.17) is 9.47 Å². The molecule has 1 aromatic carbocycles. The molecule has 0 unspecified atom stereocenters. The summed E-state index contributed by atoms with van der Waals surface area (Å²) >= 11 is 0. The maximum atomic E-state index is 11.5. The van der Waals surface area contributed by atoms with Crippen molar-refractivity contribution in [2.24, 2.45) is 0 Å². The number of hydrogen-bond acceptors (Lipinski definition) is 5. The summed E-state index contributed by atoms with van der Waals surface area (Å²) in [6, 6.07) is 3.35. The van der Waals surface area contributed by atoms with Gasteiger partial charge in [0.05, 0.1) is 0 Å². The maximum absolute atomic E-state index is 11.5. The molecule has 110 valence electrons. The third-order valence-electron chi connectivity index (χ3n) is 3.27. The predicted molar refractivity (Wildman–Crippen MR) is 78.4 cm³/mol. The summed E-state index contributed by atoms with van der Waals surface area (Å²) in [6.07, 6.45) is 6.46. The molecule has 0 N–H and O–H groups in total. The Labute approximate surface area is 125 Å². The molecule has 22 heavy (non-hydrogen) atoms. The Bertz CT molecular complexity index is 900. The van der Waals surface area contributed by atoms with Crippen molar-refractivity contribution in [3.63, 3.8) is 0 Å². The summed E-state index contributed by atoms with van der Waals surface area (Å²) in [6.45, 7) is 2.54. The van der Waals surface area contributed by atoms with E-state index in [-0.39, 0.29) is 17.3 Å². The minimum Gasteiger partial charge on any atom is -0.423 e. The number of ketones is 1. The van der Waals surface area contributed by atoms with Crippen LogP contribution < -0.4 is 19.9 Å². The fraction of sp³-hybridized carbons (Fsp3) is 0.118. The van der Waals surface area contributed by atoms with E-state index in [1.54, 1.807) is 24.3 Å². The molecule has 1 aromatic rings. The van der Waals surface area contributed by atoms with Crippen molar-refractivity contribution in [1.82, 2.24) is 0 Å². The van der Waals surface area contributed by atoms with Crippen LogP contribution >= 0.6 is 0 Å². The second-order valence-electron chi connectivity index (χ2n) is 4.93. The van der Waals surface area contributed by atoms with Crippen LogP contribution in [-0.2, 0) is 14.4 Å². The minimum absolute atomic E-state index is 0.1000. The van der Waals surface area contributed by atoms with E-state index in [1.165, 1.54) is 26.0 Å². The van der Waals surface area contributed by atoms with Gasteiger partial charge in [-0.15, -0.1) is 0 Å². The highest BCUT2D eigenvalue weighted by atomic mass is 16.6. The summed E-state index contributed by atoms with van der Waals surface area (Å²) in [5.74, 6) is -0.768. The SMILES string of the molecule is CC(=O)Oc1ccc2c(c1OC(C)=O)=CC1=CC(=O)C=CC=21. The molecule has 0 saturated carbocycles. The average Bonchev–Trinajstić information content (AvgIpc) is 2.78. The molecule has 2 aliphatic carbocycles. The molecular formula is C17H12O5. The van der Waals surface area contributed by atoms with Gasteiger partial charge in [-0.3, -0.25) is 14.4 Å². The van der Waals surface area contributed by atoms with Crippen LogP contribution in [0.25, 0.3) is 11.6 Å². The van der Waals surface area contributed by atoms with Crippen molar-refractivity contribution in [2.45, 2.75) is 13.8 Å². The number of allylic oxidation sites excluding steroid dienone is 4. The van der Waals surface area contributed by atoms with E-state index < -0.39 is 11.9 Å². The van der Waals surface area contributed by atoms with Gasteiger partial charge in [0.2, 0.25) is 0 Å². The van der Waals surface area contributed by atoms with E-state index >= 15 is 0 Å². The number of esters is 2. The molecule has 2 aliphatic rings. The number of carbonyl (C=O) groups is 3. The van der Waals surface area contributed by atoms with Crippen molar-refractivity contribution < 1.29 is 23.9 Å². The lowest BCUT2D eigenvalue weighted by molar-refractivity contribution is -0.134. The first-order valence-corrected chi connectivity index (χ1v) is 6.65. The number of rotatable bonds is 2. The van der Waals surface area contributed by atoms with Crippen LogP contribution in [0.3, 0.4) is 0 Å². The molecule has 0 atom stereocenters. The molecule has 0 amide bonds. The zero-order chi connectivity index (χ0) is 15.9. The molecule has 0 fully saturated rings. The number of ether oxygens (including phenoxy) is 2. The van der Waals surface area contributed by atoms with Gasteiger partial charge >= 0.3 is 11.9 Å². The molecule has 3 rings (SSSR count). The molecule has 0 heterocycles. The number of fused-ring (bicyclic) bond motifs is 2. The van der Waals surface area contributed by atoms with Crippen LogP contribution in [0.15, 0.2) is 35.9 Å². The maximum Gasteiger partial charge on any atom is 0.308 e. The third-order valence-corrected chi connectivity index (χ3v) is 3.27. The van der Waals surface area contributed by atoms with Gasteiger partial charge in [0.25, 0.3) is 0 Å². The van der Waals surface area contributed by atoms with Gasteiger partial charge in [0, 0.05) is 19.1 Å². The first-order chi connectivity index (χ1) is 10.5. The predicted octanol–water partition coefficient (Wildman–Crippen LogP) is 0.547. The summed E-state index contributed by atoms with van der Waals surface area (Å²) in [4.78, 5) is 34.0. The Kier molecular flexibility index (Phi) is 3.25. The van der Waals surface area contributed by atoms with Gasteiger partial charge in [0.15, 0.2) is 17.3 Å². The average molecular weight is 296 g/mol. The van der Waals surface area contributed by atoms with Gasteiger partial charge < -0.3 is 9.47 Å². The van der Waals surface area contributed by atoms with E-state index in [9.17, 15) is 14.4 Å². The molecule has 0 aromatic heterocycles. The Hall–Kier alpha value is -2.95. The Morgan fingerprint density at radius 1 is 0.955 bits per heavy atom. The van der Waals surface area contributed by atoms with Crippen molar-refractivity contribution in [2.75, 3.05) is 0 Å². The second kappa shape index (κ2) is 5.11. The number of hydrogen-bond donors (Lipinski definition) is 0. The van der Waals surface area contributed by atoms with Crippen molar-refractivity contribution >= 4 is 29.4 Å². The standard InChI is InChI=1S/C17H12O5/c1-9(18)21-16-6-5-14-13-4-3-12(20)7-11(13)8-15(14)17(16)22-10(2)19/h3-8H,1-2H3. The van der Waals surface area contributed by atoms with E-state index in [0.717, 1.165) is 16.4 Å². The topological polar surface area (TPSA) is 69.7 Å². The normalized spacial score (nSPS) is 14.7. The van der Waals surface area contributed by atoms with Crippen LogP contribution in [0.5, 0.6) is 11.5 Å².